The van der Waals surface area contributed by atoms with Crippen molar-refractivity contribution in [3.8, 4) is 5.75 Å². The lowest BCUT2D eigenvalue weighted by Gasteiger charge is -2.16. The minimum atomic E-state index is -1.00. The molecule has 1 heterocycles. The Morgan fingerprint density at radius 1 is 1.05 bits per heavy atom. The molecule has 1 aliphatic rings. The highest BCUT2D eigenvalue weighted by molar-refractivity contribution is 5.99. The van der Waals surface area contributed by atoms with Gasteiger partial charge in [-0.15, -0.1) is 0 Å². The number of benzene rings is 3. The van der Waals surface area contributed by atoms with E-state index >= 15 is 0 Å². The molecule has 5 rings (SSSR count). The first-order valence-electron chi connectivity index (χ1n) is 12.7. The minimum absolute atomic E-state index is 0.0724. The van der Waals surface area contributed by atoms with E-state index in [1.54, 1.807) is 12.1 Å². The molecule has 1 saturated carbocycles. The second-order valence-electron chi connectivity index (χ2n) is 9.99. The van der Waals surface area contributed by atoms with Gasteiger partial charge < -0.3 is 19.7 Å². The molecule has 1 amide bonds. The van der Waals surface area contributed by atoms with E-state index < -0.39 is 5.97 Å². The molecule has 6 heteroatoms. The van der Waals surface area contributed by atoms with Crippen molar-refractivity contribution in [1.29, 1.82) is 0 Å². The quantitative estimate of drug-likeness (QED) is 0.292. The summed E-state index contributed by atoms with van der Waals surface area (Å²) in [6.07, 6.45) is 2.52. The van der Waals surface area contributed by atoms with Crippen molar-refractivity contribution < 1.29 is 19.4 Å². The number of carbonyl (C=O) groups is 2. The van der Waals surface area contributed by atoms with Gasteiger partial charge in [0.2, 0.25) is 0 Å². The predicted octanol–water partition coefficient (Wildman–Crippen LogP) is 6.14. The second kappa shape index (κ2) is 10.1. The molecule has 1 fully saturated rings. The van der Waals surface area contributed by atoms with E-state index in [1.165, 1.54) is 18.4 Å². The highest BCUT2D eigenvalue weighted by Crippen LogP contribution is 2.40. The van der Waals surface area contributed by atoms with Gasteiger partial charge in [-0.2, -0.15) is 0 Å². The van der Waals surface area contributed by atoms with Gasteiger partial charge in [-0.3, -0.25) is 4.79 Å². The highest BCUT2D eigenvalue weighted by Gasteiger charge is 2.24. The number of nitrogens with zero attached hydrogens (tertiary/aromatic N) is 1. The Labute approximate surface area is 216 Å². The molecule has 0 spiro atoms. The van der Waals surface area contributed by atoms with Crippen LogP contribution in [0.1, 0.15) is 70.0 Å². The maximum atomic E-state index is 13.2. The molecular formula is C31H32N2O4. The first-order valence-corrected chi connectivity index (χ1v) is 12.7. The normalized spacial score (nSPS) is 13.9. The third-order valence-corrected chi connectivity index (χ3v) is 7.33. The largest absolute Gasteiger partial charge is 0.482 e. The van der Waals surface area contributed by atoms with E-state index in [0.29, 0.717) is 23.8 Å². The van der Waals surface area contributed by atoms with Crippen LogP contribution < -0.4 is 10.1 Å². The van der Waals surface area contributed by atoms with Gasteiger partial charge in [-0.25, -0.2) is 4.79 Å². The molecule has 37 heavy (non-hydrogen) atoms. The van der Waals surface area contributed by atoms with Gasteiger partial charge in [0.25, 0.3) is 5.91 Å². The number of hydrogen-bond acceptors (Lipinski definition) is 3. The lowest BCUT2D eigenvalue weighted by atomic mass is 10.0. The summed E-state index contributed by atoms with van der Waals surface area (Å²) in [5.74, 6) is 0.136. The molecule has 3 aromatic carbocycles. The van der Waals surface area contributed by atoms with Crippen molar-refractivity contribution >= 4 is 22.8 Å². The smallest absolute Gasteiger partial charge is 0.341 e. The van der Waals surface area contributed by atoms with Gasteiger partial charge >= 0.3 is 5.97 Å². The van der Waals surface area contributed by atoms with Gasteiger partial charge in [0.1, 0.15) is 5.75 Å². The number of carboxylic acids is 1. The molecule has 0 aliphatic heterocycles. The third-order valence-electron chi connectivity index (χ3n) is 7.33. The Balaban J connectivity index is 1.33. The number of aryl methyl sites for hydroxylation is 1. The molecule has 1 aliphatic carbocycles. The summed E-state index contributed by atoms with van der Waals surface area (Å²) < 4.78 is 7.48. The summed E-state index contributed by atoms with van der Waals surface area (Å²) in [7, 11) is 0. The maximum Gasteiger partial charge on any atom is 0.341 e. The fourth-order valence-electron chi connectivity index (χ4n) is 4.88. The Bertz CT molecular complexity index is 1460. The summed E-state index contributed by atoms with van der Waals surface area (Å²) in [5.41, 5.74) is 7.60. The first-order chi connectivity index (χ1) is 17.8. The van der Waals surface area contributed by atoms with Gasteiger partial charge in [0.15, 0.2) is 6.61 Å². The van der Waals surface area contributed by atoms with E-state index in [9.17, 15) is 9.59 Å². The van der Waals surface area contributed by atoms with Crippen LogP contribution in [0.5, 0.6) is 5.75 Å². The average Bonchev–Trinajstić information content (AvgIpc) is 3.73. The lowest BCUT2D eigenvalue weighted by molar-refractivity contribution is -0.139. The van der Waals surface area contributed by atoms with Gasteiger partial charge in [-0.05, 0) is 92.1 Å². The zero-order valence-electron chi connectivity index (χ0n) is 21.5. The minimum Gasteiger partial charge on any atom is -0.482 e. The number of nitrogens with one attached hydrogen (secondary N) is 1. The summed E-state index contributed by atoms with van der Waals surface area (Å²) in [6.45, 7) is 6.52. The number of fused-ring (bicyclic) bond motifs is 1. The molecule has 190 valence electrons. The molecule has 0 saturated heterocycles. The predicted molar refractivity (Wildman–Crippen MR) is 144 cm³/mol. The van der Waals surface area contributed by atoms with Crippen LogP contribution >= 0.6 is 0 Å². The molecule has 1 aromatic heterocycles. The molecule has 1 unspecified atom stereocenters. The molecule has 1 atom stereocenters. The number of carboxylic acid groups (broad SMARTS) is 1. The fraction of sp³-hybridized carbons (Fsp3) is 0.290. The molecule has 4 aromatic rings. The Kier molecular flexibility index (Phi) is 6.74. The Hall–Kier alpha value is -4.06. The summed E-state index contributed by atoms with van der Waals surface area (Å²) in [5, 5.41) is 13.0. The second-order valence-corrected chi connectivity index (χ2v) is 9.99. The Morgan fingerprint density at radius 3 is 2.51 bits per heavy atom. The maximum absolute atomic E-state index is 13.2. The van der Waals surface area contributed by atoms with Gasteiger partial charge in [-0.1, -0.05) is 36.4 Å². The highest BCUT2D eigenvalue weighted by atomic mass is 16.5. The molecule has 2 N–H and O–H groups in total. The van der Waals surface area contributed by atoms with Crippen LogP contribution in [0.2, 0.25) is 0 Å². The first kappa shape index (κ1) is 24.6. The van der Waals surface area contributed by atoms with Crippen LogP contribution in [0, 0.1) is 13.8 Å². The van der Waals surface area contributed by atoms with Crippen LogP contribution in [0.25, 0.3) is 10.9 Å². The van der Waals surface area contributed by atoms with E-state index in [0.717, 1.165) is 33.3 Å². The average molecular weight is 497 g/mol. The molecule has 0 bridgehead atoms. The van der Waals surface area contributed by atoms with Crippen molar-refractivity contribution in [2.24, 2.45) is 0 Å². The van der Waals surface area contributed by atoms with Crippen LogP contribution in [0.15, 0.2) is 66.7 Å². The third kappa shape index (κ3) is 5.38. The molecular weight excluding hydrogens is 464 g/mol. The van der Waals surface area contributed by atoms with Gasteiger partial charge in [0.05, 0.1) is 6.04 Å². The number of aromatic nitrogens is 1. The van der Waals surface area contributed by atoms with Gasteiger partial charge in [0, 0.05) is 28.7 Å². The molecule has 6 nitrogen and oxygen atoms in total. The van der Waals surface area contributed by atoms with E-state index in [2.05, 4.69) is 48.0 Å². The van der Waals surface area contributed by atoms with Crippen LogP contribution in [0.4, 0.5) is 0 Å². The number of aliphatic carboxylic acids is 1. The van der Waals surface area contributed by atoms with Crippen LogP contribution in [-0.2, 0) is 11.3 Å². The fourth-order valence-corrected chi connectivity index (χ4v) is 4.88. The van der Waals surface area contributed by atoms with E-state index in [1.807, 2.05) is 37.3 Å². The van der Waals surface area contributed by atoms with Crippen LogP contribution in [0.3, 0.4) is 0 Å². The van der Waals surface area contributed by atoms with Crippen molar-refractivity contribution in [2.45, 2.75) is 52.1 Å². The van der Waals surface area contributed by atoms with E-state index in [4.69, 9.17) is 9.84 Å². The lowest BCUT2D eigenvalue weighted by Crippen LogP contribution is -2.26. The number of ether oxygens (including phenoxy) is 1. The van der Waals surface area contributed by atoms with E-state index in [-0.39, 0.29) is 18.6 Å². The number of carbonyl (C=O) groups excluding carboxylic acids is 1. The number of hydrogen-bond donors (Lipinski definition) is 2. The zero-order valence-corrected chi connectivity index (χ0v) is 21.5. The monoisotopic (exact) mass is 496 g/mol. The summed E-state index contributed by atoms with van der Waals surface area (Å²) >= 11 is 0. The summed E-state index contributed by atoms with van der Waals surface area (Å²) in [4.78, 5) is 23.9. The topological polar surface area (TPSA) is 80.6 Å². The summed E-state index contributed by atoms with van der Waals surface area (Å²) in [6, 6.07) is 21.9. The number of amides is 1. The SMILES string of the molecule is Cc1c(C)n(Cc2ccc(OCC(=O)O)cc2)c2ccc(C(=O)NC(C)c3cccc(C4CC4)c3)cc12. The molecule has 0 radical (unpaired) electrons. The van der Waals surface area contributed by atoms with Crippen molar-refractivity contribution in [1.82, 2.24) is 9.88 Å². The van der Waals surface area contributed by atoms with Crippen LogP contribution in [-0.4, -0.2) is 28.2 Å². The number of rotatable bonds is 9. The van der Waals surface area contributed by atoms with Crippen molar-refractivity contribution in [3.05, 3.63) is 100 Å². The van der Waals surface area contributed by atoms with Crippen molar-refractivity contribution in [2.75, 3.05) is 6.61 Å². The zero-order chi connectivity index (χ0) is 26.1. The van der Waals surface area contributed by atoms with Crippen molar-refractivity contribution in [3.63, 3.8) is 0 Å². The standard InChI is InChI=1S/C31H32N2O4/c1-19-21(3)33(17-22-7-12-27(13-8-22)37-18-30(34)35)29-14-11-26(16-28(19)29)31(36)32-20(2)24-5-4-6-25(15-24)23-9-10-23/h4-8,11-16,20,23H,9-10,17-18H2,1-3H3,(H,32,36)(H,34,35). The Morgan fingerprint density at radius 2 is 1.81 bits per heavy atom.